The molecule has 4 fully saturated rings. The van der Waals surface area contributed by atoms with Crippen molar-refractivity contribution in [2.75, 3.05) is 18.5 Å². The van der Waals surface area contributed by atoms with E-state index in [1.165, 1.54) is 56.5 Å². The van der Waals surface area contributed by atoms with Gasteiger partial charge in [0.05, 0.1) is 18.4 Å². The maximum absolute atomic E-state index is 12.7. The maximum atomic E-state index is 12.7. The number of ether oxygens (including phenoxy) is 2. The van der Waals surface area contributed by atoms with Crippen molar-refractivity contribution in [1.82, 2.24) is 10.4 Å². The highest BCUT2D eigenvalue weighted by Crippen LogP contribution is 2.60. The van der Waals surface area contributed by atoms with Crippen LogP contribution < -0.4 is 20.2 Å². The van der Waals surface area contributed by atoms with Crippen LogP contribution in [0.4, 0.5) is 5.69 Å². The van der Waals surface area contributed by atoms with Gasteiger partial charge in [0.2, 0.25) is 0 Å². The van der Waals surface area contributed by atoms with Crippen molar-refractivity contribution in [2.45, 2.75) is 50.9 Å². The van der Waals surface area contributed by atoms with Gasteiger partial charge in [0.15, 0.2) is 18.1 Å². The summed E-state index contributed by atoms with van der Waals surface area (Å²) < 4.78 is 11.5. The summed E-state index contributed by atoms with van der Waals surface area (Å²) in [7, 11) is 0. The Morgan fingerprint density at radius 1 is 0.976 bits per heavy atom. The molecule has 4 aliphatic carbocycles. The summed E-state index contributed by atoms with van der Waals surface area (Å²) in [6.07, 6.45) is 12.9. The van der Waals surface area contributed by atoms with Crippen LogP contribution in [0, 0.1) is 17.8 Å². The molecule has 8 heteroatoms. The Hall–Kier alpha value is -4.20. The van der Waals surface area contributed by atoms with Gasteiger partial charge in [0, 0.05) is 18.1 Å². The first-order valence-corrected chi connectivity index (χ1v) is 14.5. The van der Waals surface area contributed by atoms with Crippen molar-refractivity contribution >= 4 is 23.7 Å². The summed E-state index contributed by atoms with van der Waals surface area (Å²) in [6.45, 7) is 2.15. The zero-order valence-electron chi connectivity index (χ0n) is 23.3. The first-order valence-electron chi connectivity index (χ1n) is 14.5. The molecule has 0 saturated heterocycles. The number of pyridine rings is 1. The highest BCUT2D eigenvalue weighted by molar-refractivity contribution is 5.94. The summed E-state index contributed by atoms with van der Waals surface area (Å²) in [5, 5.41) is 6.97. The number of anilines is 1. The molecule has 0 spiro atoms. The highest BCUT2D eigenvalue weighted by Gasteiger charge is 2.51. The number of hydrogen-bond acceptors (Lipinski definition) is 6. The van der Waals surface area contributed by atoms with Crippen molar-refractivity contribution in [2.24, 2.45) is 22.9 Å². The summed E-state index contributed by atoms with van der Waals surface area (Å²) in [5.41, 5.74) is 6.16. The third-order valence-electron chi connectivity index (χ3n) is 8.75. The second-order valence-corrected chi connectivity index (χ2v) is 11.7. The molecule has 1 heterocycles. The van der Waals surface area contributed by atoms with Crippen LogP contribution in [-0.2, 0) is 10.2 Å². The lowest BCUT2D eigenvalue weighted by Crippen LogP contribution is -2.48. The fourth-order valence-electron chi connectivity index (χ4n) is 7.43. The molecule has 7 rings (SSSR count). The fraction of sp³-hybridized carbons (Fsp3) is 0.394. The molecule has 4 bridgehead atoms. The number of benzene rings is 2. The van der Waals surface area contributed by atoms with Crippen molar-refractivity contribution in [1.29, 1.82) is 0 Å². The van der Waals surface area contributed by atoms with Crippen LogP contribution in [0.15, 0.2) is 72.1 Å². The van der Waals surface area contributed by atoms with Gasteiger partial charge in [-0.3, -0.25) is 14.6 Å². The molecule has 0 aliphatic heterocycles. The van der Waals surface area contributed by atoms with Gasteiger partial charge in [-0.1, -0.05) is 12.1 Å². The van der Waals surface area contributed by atoms with Gasteiger partial charge in [0.25, 0.3) is 11.8 Å². The standard InChI is InChI=1S/C33H36N4O4/c1-2-40-30-15-22(19-35-37-32(39)26-4-3-11-34-20-26)5-10-29(30)41-21-31(38)36-28-8-6-27(7-9-28)33-16-23-12-24(17-33)14-25(13-23)18-33/h3-11,15,19-20,23-25H,2,12-14,16-18,21H2,1H3,(H,36,38)(H,37,39)/b35-19+. The lowest BCUT2D eigenvalue weighted by Gasteiger charge is -2.57. The fourth-order valence-corrected chi connectivity index (χ4v) is 7.43. The Morgan fingerprint density at radius 2 is 1.71 bits per heavy atom. The van der Waals surface area contributed by atoms with E-state index in [4.69, 9.17) is 9.47 Å². The van der Waals surface area contributed by atoms with E-state index in [9.17, 15) is 9.59 Å². The lowest BCUT2D eigenvalue weighted by atomic mass is 9.48. The van der Waals surface area contributed by atoms with Gasteiger partial charge in [-0.25, -0.2) is 5.43 Å². The Balaban J connectivity index is 1.03. The molecule has 212 valence electrons. The Kier molecular flexibility index (Phi) is 7.72. The minimum Gasteiger partial charge on any atom is -0.490 e. The van der Waals surface area contributed by atoms with E-state index < -0.39 is 0 Å². The van der Waals surface area contributed by atoms with Crippen LogP contribution in [0.2, 0.25) is 0 Å². The molecule has 0 unspecified atom stereocenters. The van der Waals surface area contributed by atoms with E-state index in [1.807, 2.05) is 19.1 Å². The SMILES string of the molecule is CCOc1cc(/C=N/NC(=O)c2cccnc2)ccc1OCC(=O)Nc1ccc(C23CC4CC(CC(C4)C2)C3)cc1. The van der Waals surface area contributed by atoms with Gasteiger partial charge in [-0.15, -0.1) is 0 Å². The molecule has 2 amide bonds. The number of carbonyl (C=O) groups is 2. The molecule has 4 aliphatic rings. The molecule has 2 aromatic carbocycles. The largest absolute Gasteiger partial charge is 0.490 e. The third-order valence-corrected chi connectivity index (χ3v) is 8.75. The van der Waals surface area contributed by atoms with E-state index in [1.54, 1.807) is 36.5 Å². The topological polar surface area (TPSA) is 102 Å². The molecular weight excluding hydrogens is 516 g/mol. The second-order valence-electron chi connectivity index (χ2n) is 11.7. The van der Waals surface area contributed by atoms with Crippen LogP contribution in [-0.4, -0.2) is 36.2 Å². The predicted molar refractivity (Wildman–Crippen MR) is 157 cm³/mol. The number of hydrazone groups is 1. The summed E-state index contributed by atoms with van der Waals surface area (Å²) >= 11 is 0. The zero-order chi connectivity index (χ0) is 28.2. The average Bonchev–Trinajstić information content (AvgIpc) is 2.97. The Labute approximate surface area is 240 Å². The Morgan fingerprint density at radius 3 is 2.37 bits per heavy atom. The first kappa shape index (κ1) is 27.0. The van der Waals surface area contributed by atoms with Gasteiger partial charge in [-0.05, 0) is 122 Å². The number of nitrogens with zero attached hydrogens (tertiary/aromatic N) is 2. The minimum atomic E-state index is -0.354. The first-order chi connectivity index (χ1) is 20.0. The molecule has 41 heavy (non-hydrogen) atoms. The second kappa shape index (κ2) is 11.7. The molecule has 4 saturated carbocycles. The van der Waals surface area contributed by atoms with Gasteiger partial charge < -0.3 is 14.8 Å². The quantitative estimate of drug-likeness (QED) is 0.247. The van der Waals surface area contributed by atoms with E-state index >= 15 is 0 Å². The van der Waals surface area contributed by atoms with Crippen LogP contribution >= 0.6 is 0 Å². The van der Waals surface area contributed by atoms with Crippen LogP contribution in [0.5, 0.6) is 11.5 Å². The summed E-state index contributed by atoms with van der Waals surface area (Å²) in [5.74, 6) is 3.06. The zero-order valence-corrected chi connectivity index (χ0v) is 23.3. The monoisotopic (exact) mass is 552 g/mol. The van der Waals surface area contributed by atoms with Gasteiger partial charge in [-0.2, -0.15) is 5.10 Å². The van der Waals surface area contributed by atoms with E-state index in [0.717, 1.165) is 23.4 Å². The molecule has 3 aromatic rings. The third kappa shape index (κ3) is 6.11. The van der Waals surface area contributed by atoms with Crippen molar-refractivity contribution in [3.05, 3.63) is 83.7 Å². The Bertz CT molecular complexity index is 1390. The lowest BCUT2D eigenvalue weighted by molar-refractivity contribution is -0.118. The van der Waals surface area contributed by atoms with Crippen LogP contribution in [0.3, 0.4) is 0 Å². The van der Waals surface area contributed by atoms with E-state index in [2.05, 4.69) is 33.0 Å². The molecular formula is C33H36N4O4. The summed E-state index contributed by atoms with van der Waals surface area (Å²) in [4.78, 5) is 28.8. The number of amides is 2. The van der Waals surface area contributed by atoms with Crippen molar-refractivity contribution < 1.29 is 19.1 Å². The maximum Gasteiger partial charge on any atom is 0.272 e. The average molecular weight is 553 g/mol. The molecule has 2 N–H and O–H groups in total. The number of aromatic nitrogens is 1. The minimum absolute atomic E-state index is 0.147. The van der Waals surface area contributed by atoms with Crippen LogP contribution in [0.25, 0.3) is 0 Å². The van der Waals surface area contributed by atoms with E-state index in [0.29, 0.717) is 34.6 Å². The van der Waals surface area contributed by atoms with E-state index in [-0.39, 0.29) is 18.4 Å². The predicted octanol–water partition coefficient (Wildman–Crippen LogP) is 5.73. The number of hydrogen-bond donors (Lipinski definition) is 2. The number of carbonyl (C=O) groups excluding carboxylic acids is 2. The highest BCUT2D eigenvalue weighted by atomic mass is 16.5. The van der Waals surface area contributed by atoms with Gasteiger partial charge in [0.1, 0.15) is 0 Å². The van der Waals surface area contributed by atoms with Crippen LogP contribution in [0.1, 0.15) is 66.9 Å². The summed E-state index contributed by atoms with van der Waals surface area (Å²) in [6, 6.07) is 17.1. The van der Waals surface area contributed by atoms with Crippen molar-refractivity contribution in [3.63, 3.8) is 0 Å². The van der Waals surface area contributed by atoms with Gasteiger partial charge >= 0.3 is 0 Å². The number of rotatable bonds is 10. The normalized spacial score (nSPS) is 24.3. The number of nitrogens with one attached hydrogen (secondary N) is 2. The molecule has 8 nitrogen and oxygen atoms in total. The van der Waals surface area contributed by atoms with Crippen molar-refractivity contribution in [3.8, 4) is 11.5 Å². The molecule has 1 aromatic heterocycles. The smallest absolute Gasteiger partial charge is 0.272 e. The molecule has 0 radical (unpaired) electrons. The molecule has 0 atom stereocenters.